The van der Waals surface area contributed by atoms with E-state index in [0.29, 0.717) is 6.04 Å². The third-order valence-electron chi connectivity index (χ3n) is 3.32. The summed E-state index contributed by atoms with van der Waals surface area (Å²) in [6, 6.07) is 0.667. The van der Waals surface area contributed by atoms with E-state index >= 15 is 0 Å². The minimum atomic E-state index is 0.667. The highest BCUT2D eigenvalue weighted by Gasteiger charge is 2.08. The van der Waals surface area contributed by atoms with Gasteiger partial charge in [0.15, 0.2) is 0 Å². The maximum Gasteiger partial charge on any atom is 0.00479 e. The molecule has 0 spiro atoms. The molecule has 0 amide bonds. The average Bonchev–Trinajstić information content (AvgIpc) is 2.15. The minimum Gasteiger partial charge on any atom is -0.317 e. The van der Waals surface area contributed by atoms with E-state index in [9.17, 15) is 0 Å². The molecule has 2 heteroatoms. The predicted octanol–water partition coefficient (Wildman–Crippen LogP) is 2.25. The summed E-state index contributed by atoms with van der Waals surface area (Å²) in [5, 5.41) is 3.31. The minimum absolute atomic E-state index is 0.667. The smallest absolute Gasteiger partial charge is 0.00479 e. The van der Waals surface area contributed by atoms with Crippen LogP contribution in [0.25, 0.3) is 0 Å². The van der Waals surface area contributed by atoms with Crippen LogP contribution in [0.1, 0.15) is 45.4 Å². The normalized spacial score (nSPS) is 22.7. The van der Waals surface area contributed by atoms with Crippen molar-refractivity contribution in [2.75, 3.05) is 26.7 Å². The largest absolute Gasteiger partial charge is 0.317 e. The van der Waals surface area contributed by atoms with E-state index in [2.05, 4.69) is 24.2 Å². The molecular weight excluding hydrogens is 172 g/mol. The molecule has 1 unspecified atom stereocenters. The Bertz CT molecular complexity index is 128. The molecule has 0 aromatic carbocycles. The average molecular weight is 198 g/mol. The molecule has 1 heterocycles. The fraction of sp³-hybridized carbons (Fsp3) is 1.00. The van der Waals surface area contributed by atoms with E-state index in [4.69, 9.17) is 0 Å². The van der Waals surface area contributed by atoms with Gasteiger partial charge < -0.3 is 10.2 Å². The molecule has 1 aliphatic rings. The Labute approximate surface area is 89.1 Å². The summed E-state index contributed by atoms with van der Waals surface area (Å²) in [7, 11) is 2.05. The molecule has 0 aromatic rings. The molecule has 0 radical (unpaired) electrons. The van der Waals surface area contributed by atoms with Crippen molar-refractivity contribution in [2.24, 2.45) is 0 Å². The summed E-state index contributed by atoms with van der Waals surface area (Å²) in [5.74, 6) is 0. The molecule has 0 bridgehead atoms. The lowest BCUT2D eigenvalue weighted by Gasteiger charge is -2.25. The highest BCUT2D eigenvalue weighted by Crippen LogP contribution is 2.10. The van der Waals surface area contributed by atoms with Crippen LogP contribution < -0.4 is 5.32 Å². The summed E-state index contributed by atoms with van der Waals surface area (Å²) < 4.78 is 0. The van der Waals surface area contributed by atoms with E-state index in [0.717, 1.165) is 0 Å². The van der Waals surface area contributed by atoms with Crippen molar-refractivity contribution < 1.29 is 0 Å². The Balaban J connectivity index is 2.13. The van der Waals surface area contributed by atoms with Gasteiger partial charge in [0.2, 0.25) is 0 Å². The van der Waals surface area contributed by atoms with Crippen LogP contribution in [0.3, 0.4) is 0 Å². The van der Waals surface area contributed by atoms with Crippen molar-refractivity contribution in [1.29, 1.82) is 0 Å². The number of hydrogen-bond acceptors (Lipinski definition) is 2. The molecule has 1 N–H and O–H groups in total. The molecule has 1 rings (SSSR count). The molecular formula is C12H26N2. The molecule has 2 nitrogen and oxygen atoms in total. The molecule has 1 saturated heterocycles. The van der Waals surface area contributed by atoms with Gasteiger partial charge in [-0.25, -0.2) is 0 Å². The Hall–Kier alpha value is -0.0800. The van der Waals surface area contributed by atoms with Gasteiger partial charge in [-0.3, -0.25) is 0 Å². The van der Waals surface area contributed by atoms with Crippen molar-refractivity contribution in [3.63, 3.8) is 0 Å². The van der Waals surface area contributed by atoms with Gasteiger partial charge in [-0.15, -0.1) is 0 Å². The van der Waals surface area contributed by atoms with E-state index in [1.807, 2.05) is 0 Å². The zero-order chi connectivity index (χ0) is 10.2. The number of rotatable bonds is 4. The van der Waals surface area contributed by atoms with Crippen LogP contribution >= 0.6 is 0 Å². The van der Waals surface area contributed by atoms with E-state index in [1.54, 1.807) is 0 Å². The number of hydrogen-bond donors (Lipinski definition) is 1. The maximum absolute atomic E-state index is 3.31. The quantitative estimate of drug-likeness (QED) is 0.745. The van der Waals surface area contributed by atoms with Crippen LogP contribution in [-0.2, 0) is 0 Å². The van der Waals surface area contributed by atoms with Crippen LogP contribution in [0.5, 0.6) is 0 Å². The maximum atomic E-state index is 3.31. The lowest BCUT2D eigenvalue weighted by atomic mass is 10.1. The van der Waals surface area contributed by atoms with E-state index < -0.39 is 0 Å². The van der Waals surface area contributed by atoms with Crippen molar-refractivity contribution in [1.82, 2.24) is 10.2 Å². The molecule has 1 atom stereocenters. The van der Waals surface area contributed by atoms with Gasteiger partial charge in [0, 0.05) is 6.04 Å². The van der Waals surface area contributed by atoms with Gasteiger partial charge >= 0.3 is 0 Å². The Morgan fingerprint density at radius 1 is 1.07 bits per heavy atom. The second kappa shape index (κ2) is 7.24. The third kappa shape index (κ3) is 4.97. The monoisotopic (exact) mass is 198 g/mol. The molecule has 14 heavy (non-hydrogen) atoms. The molecule has 0 saturated carbocycles. The first kappa shape index (κ1) is 12.0. The van der Waals surface area contributed by atoms with Gasteiger partial charge in [-0.1, -0.05) is 19.3 Å². The summed E-state index contributed by atoms with van der Waals surface area (Å²) >= 11 is 0. The third-order valence-corrected chi connectivity index (χ3v) is 3.32. The standard InChI is InChI=1S/C12H26N2/c1-12(13-2)8-11-14-9-6-4-3-5-7-10-14/h12-13H,3-11H2,1-2H3. The van der Waals surface area contributed by atoms with Gasteiger partial charge in [0.25, 0.3) is 0 Å². The topological polar surface area (TPSA) is 15.3 Å². The van der Waals surface area contributed by atoms with Crippen molar-refractivity contribution >= 4 is 0 Å². The van der Waals surface area contributed by atoms with Gasteiger partial charge in [0.1, 0.15) is 0 Å². The fourth-order valence-electron chi connectivity index (χ4n) is 2.06. The zero-order valence-corrected chi connectivity index (χ0v) is 9.89. The first-order chi connectivity index (χ1) is 6.83. The second-order valence-corrected chi connectivity index (χ2v) is 4.59. The van der Waals surface area contributed by atoms with Crippen LogP contribution in [0.2, 0.25) is 0 Å². The molecule has 1 fully saturated rings. The summed E-state index contributed by atoms with van der Waals surface area (Å²) in [5.41, 5.74) is 0. The van der Waals surface area contributed by atoms with Crippen LogP contribution in [0.4, 0.5) is 0 Å². The first-order valence-corrected chi connectivity index (χ1v) is 6.22. The lowest BCUT2D eigenvalue weighted by Crippen LogP contribution is -2.32. The summed E-state index contributed by atoms with van der Waals surface area (Å²) in [6.45, 7) is 6.21. The van der Waals surface area contributed by atoms with Crippen LogP contribution in [0, 0.1) is 0 Å². The number of nitrogens with one attached hydrogen (secondary N) is 1. The lowest BCUT2D eigenvalue weighted by molar-refractivity contribution is 0.237. The van der Waals surface area contributed by atoms with Crippen LogP contribution in [-0.4, -0.2) is 37.6 Å². The summed E-state index contributed by atoms with van der Waals surface area (Å²) in [4.78, 5) is 2.65. The molecule has 84 valence electrons. The van der Waals surface area contributed by atoms with Crippen LogP contribution in [0.15, 0.2) is 0 Å². The fourth-order valence-corrected chi connectivity index (χ4v) is 2.06. The van der Waals surface area contributed by atoms with Gasteiger partial charge in [-0.2, -0.15) is 0 Å². The second-order valence-electron chi connectivity index (χ2n) is 4.59. The molecule has 1 aliphatic heterocycles. The summed E-state index contributed by atoms with van der Waals surface area (Å²) in [6.07, 6.45) is 8.45. The Morgan fingerprint density at radius 3 is 2.21 bits per heavy atom. The van der Waals surface area contributed by atoms with Crippen molar-refractivity contribution in [3.05, 3.63) is 0 Å². The predicted molar refractivity (Wildman–Crippen MR) is 62.7 cm³/mol. The number of likely N-dealkylation sites (tertiary alicyclic amines) is 1. The van der Waals surface area contributed by atoms with E-state index in [1.165, 1.54) is 58.2 Å². The van der Waals surface area contributed by atoms with Crippen molar-refractivity contribution in [3.8, 4) is 0 Å². The zero-order valence-electron chi connectivity index (χ0n) is 9.89. The highest BCUT2D eigenvalue weighted by atomic mass is 15.1. The van der Waals surface area contributed by atoms with Crippen molar-refractivity contribution in [2.45, 2.75) is 51.5 Å². The molecule has 0 aromatic heterocycles. The number of nitrogens with zero attached hydrogens (tertiary/aromatic N) is 1. The van der Waals surface area contributed by atoms with Gasteiger partial charge in [-0.05, 0) is 52.9 Å². The Kier molecular flexibility index (Phi) is 6.20. The first-order valence-electron chi connectivity index (χ1n) is 6.22. The SMILES string of the molecule is CNC(C)CCN1CCCCCCC1. The highest BCUT2D eigenvalue weighted by molar-refractivity contribution is 4.66. The Morgan fingerprint density at radius 2 is 1.64 bits per heavy atom. The van der Waals surface area contributed by atoms with E-state index in [-0.39, 0.29) is 0 Å². The van der Waals surface area contributed by atoms with Gasteiger partial charge in [0.05, 0.1) is 0 Å². The molecule has 0 aliphatic carbocycles.